The van der Waals surface area contributed by atoms with Crippen LogP contribution in [0.2, 0.25) is 0 Å². The molecule has 4 rings (SSSR count). The smallest absolute Gasteiger partial charge is 0.322 e. The number of likely N-dealkylation sites (tertiary alicyclic amines) is 1. The summed E-state index contributed by atoms with van der Waals surface area (Å²) < 4.78 is 17.1. The fraction of sp³-hybridized carbons (Fsp3) is 0.667. The van der Waals surface area contributed by atoms with Crippen LogP contribution >= 0.6 is 0 Å². The first-order chi connectivity index (χ1) is 16.0. The maximum atomic E-state index is 13.2. The quantitative estimate of drug-likeness (QED) is 0.713. The van der Waals surface area contributed by atoms with E-state index in [0.29, 0.717) is 30.7 Å². The summed E-state index contributed by atoms with van der Waals surface area (Å²) in [5.41, 5.74) is 0.645. The molecule has 3 fully saturated rings. The van der Waals surface area contributed by atoms with Crippen molar-refractivity contribution in [3.05, 3.63) is 24.3 Å². The van der Waals surface area contributed by atoms with Crippen molar-refractivity contribution >= 4 is 17.6 Å². The molecule has 1 aromatic rings. The van der Waals surface area contributed by atoms with Crippen molar-refractivity contribution in [3.8, 4) is 5.75 Å². The second kappa shape index (κ2) is 11.2. The van der Waals surface area contributed by atoms with E-state index in [1.54, 1.807) is 36.3 Å². The lowest BCUT2D eigenvalue weighted by Gasteiger charge is -2.44. The molecule has 0 aliphatic carbocycles. The van der Waals surface area contributed by atoms with Gasteiger partial charge in [0.1, 0.15) is 11.9 Å². The minimum atomic E-state index is -0.772. The van der Waals surface area contributed by atoms with Crippen molar-refractivity contribution in [2.24, 2.45) is 0 Å². The summed E-state index contributed by atoms with van der Waals surface area (Å²) in [4.78, 5) is 29.5. The molecule has 33 heavy (non-hydrogen) atoms. The second-order valence-corrected chi connectivity index (χ2v) is 9.09. The standard InChI is InChI=1S/C24H35N3O6/c1-31-19-7-5-17(6-8-19)25-24(30)27-14-18(28)15-32-16-22-21(27)10-9-20(33-22)13-23(29)26-11-3-2-4-12-26/h5-8,18,20-22,28H,2-4,9-16H2,1H3,(H,25,30)/t18-,20-,21-,22+/m1/s1. The number of benzene rings is 1. The Kier molecular flexibility index (Phi) is 8.06. The first kappa shape index (κ1) is 23.8. The zero-order chi connectivity index (χ0) is 23.2. The average molecular weight is 462 g/mol. The molecule has 3 heterocycles. The molecule has 182 valence electrons. The van der Waals surface area contributed by atoms with Gasteiger partial charge in [0.05, 0.1) is 51.5 Å². The van der Waals surface area contributed by atoms with Gasteiger partial charge < -0.3 is 34.4 Å². The summed E-state index contributed by atoms with van der Waals surface area (Å²) in [6, 6.07) is 6.58. The van der Waals surface area contributed by atoms with Gasteiger partial charge in [0.25, 0.3) is 0 Å². The maximum absolute atomic E-state index is 13.2. The highest BCUT2D eigenvalue weighted by atomic mass is 16.5. The summed E-state index contributed by atoms with van der Waals surface area (Å²) in [6.45, 7) is 2.23. The number of nitrogens with zero attached hydrogens (tertiary/aromatic N) is 2. The van der Waals surface area contributed by atoms with Crippen LogP contribution in [0.5, 0.6) is 5.75 Å². The number of amides is 3. The summed E-state index contributed by atoms with van der Waals surface area (Å²) in [7, 11) is 1.59. The number of nitrogens with one attached hydrogen (secondary N) is 1. The van der Waals surface area contributed by atoms with E-state index in [1.807, 2.05) is 4.90 Å². The number of ether oxygens (including phenoxy) is 3. The second-order valence-electron chi connectivity index (χ2n) is 9.09. The van der Waals surface area contributed by atoms with Gasteiger partial charge in [-0.25, -0.2) is 4.79 Å². The minimum absolute atomic E-state index is 0.135. The number of β-amino-alcohol motifs (C(OH)–C–C–N with tert-alkyl or cyclic N) is 1. The fourth-order valence-corrected chi connectivity index (χ4v) is 4.91. The number of hydrogen-bond acceptors (Lipinski definition) is 6. The van der Waals surface area contributed by atoms with Gasteiger partial charge in [-0.1, -0.05) is 0 Å². The van der Waals surface area contributed by atoms with Gasteiger partial charge in [0.2, 0.25) is 5.91 Å². The van der Waals surface area contributed by atoms with Crippen LogP contribution in [0, 0.1) is 0 Å². The number of aliphatic hydroxyl groups excluding tert-OH is 1. The first-order valence-electron chi connectivity index (χ1n) is 11.9. The third-order valence-corrected chi connectivity index (χ3v) is 6.69. The molecular weight excluding hydrogens is 426 g/mol. The molecular formula is C24H35N3O6. The van der Waals surface area contributed by atoms with E-state index in [-0.39, 0.29) is 49.9 Å². The molecule has 3 amide bonds. The Bertz CT molecular complexity index is 798. The molecule has 9 heteroatoms. The number of hydrogen-bond donors (Lipinski definition) is 2. The lowest BCUT2D eigenvalue weighted by Crippen LogP contribution is -2.58. The van der Waals surface area contributed by atoms with E-state index in [0.717, 1.165) is 25.9 Å². The number of rotatable bonds is 4. The Morgan fingerprint density at radius 2 is 1.88 bits per heavy atom. The van der Waals surface area contributed by atoms with E-state index in [2.05, 4.69) is 5.32 Å². The molecule has 0 aromatic heterocycles. The number of aliphatic hydroxyl groups is 1. The van der Waals surface area contributed by atoms with Crippen molar-refractivity contribution in [1.82, 2.24) is 9.80 Å². The SMILES string of the molecule is COc1ccc(NC(=O)N2C[C@@H](O)COC[C@@H]3O[C@@H](CC(=O)N4CCCCC4)CC[C@H]32)cc1. The van der Waals surface area contributed by atoms with Crippen LogP contribution in [0.3, 0.4) is 0 Å². The minimum Gasteiger partial charge on any atom is -0.497 e. The van der Waals surface area contributed by atoms with E-state index in [4.69, 9.17) is 14.2 Å². The Morgan fingerprint density at radius 1 is 1.12 bits per heavy atom. The first-order valence-corrected chi connectivity index (χ1v) is 11.9. The van der Waals surface area contributed by atoms with E-state index in [1.165, 1.54) is 6.42 Å². The van der Waals surface area contributed by atoms with Gasteiger partial charge in [0, 0.05) is 18.8 Å². The van der Waals surface area contributed by atoms with Gasteiger partial charge >= 0.3 is 6.03 Å². The summed E-state index contributed by atoms with van der Waals surface area (Å²) in [5.74, 6) is 0.854. The van der Waals surface area contributed by atoms with Gasteiger partial charge in [-0.2, -0.15) is 0 Å². The molecule has 3 saturated heterocycles. The monoisotopic (exact) mass is 461 g/mol. The zero-order valence-electron chi connectivity index (χ0n) is 19.3. The van der Waals surface area contributed by atoms with Crippen LogP contribution in [-0.2, 0) is 14.3 Å². The van der Waals surface area contributed by atoms with Crippen molar-refractivity contribution in [2.75, 3.05) is 45.3 Å². The molecule has 0 spiro atoms. The van der Waals surface area contributed by atoms with Crippen LogP contribution in [0.4, 0.5) is 10.5 Å². The van der Waals surface area contributed by atoms with Crippen LogP contribution in [0.1, 0.15) is 38.5 Å². The molecule has 0 saturated carbocycles. The molecule has 0 unspecified atom stereocenters. The molecule has 0 radical (unpaired) electrons. The van der Waals surface area contributed by atoms with Crippen molar-refractivity contribution in [3.63, 3.8) is 0 Å². The zero-order valence-corrected chi connectivity index (χ0v) is 19.3. The predicted molar refractivity (Wildman–Crippen MR) is 122 cm³/mol. The van der Waals surface area contributed by atoms with Gasteiger partial charge in [-0.15, -0.1) is 0 Å². The van der Waals surface area contributed by atoms with Crippen LogP contribution < -0.4 is 10.1 Å². The topological polar surface area (TPSA) is 101 Å². The molecule has 0 bridgehead atoms. The average Bonchev–Trinajstić information content (AvgIpc) is 2.83. The number of carbonyl (C=O) groups excluding carboxylic acids is 2. The maximum Gasteiger partial charge on any atom is 0.322 e. The highest BCUT2D eigenvalue weighted by Crippen LogP contribution is 2.29. The van der Waals surface area contributed by atoms with Crippen LogP contribution in [-0.4, -0.2) is 91.2 Å². The molecule has 9 nitrogen and oxygen atoms in total. The highest BCUT2D eigenvalue weighted by molar-refractivity contribution is 5.89. The lowest BCUT2D eigenvalue weighted by molar-refractivity contribution is -0.154. The molecule has 2 N–H and O–H groups in total. The number of urea groups is 1. The van der Waals surface area contributed by atoms with Crippen molar-refractivity contribution in [2.45, 2.75) is 62.9 Å². The Hall–Kier alpha value is -2.36. The Balaban J connectivity index is 1.40. The number of methoxy groups -OCH3 is 1. The van der Waals surface area contributed by atoms with Gasteiger partial charge in [0.15, 0.2) is 0 Å². The molecule has 3 aliphatic heterocycles. The van der Waals surface area contributed by atoms with E-state index in [9.17, 15) is 14.7 Å². The third kappa shape index (κ3) is 6.16. The van der Waals surface area contributed by atoms with Crippen LogP contribution in [0.15, 0.2) is 24.3 Å². The van der Waals surface area contributed by atoms with E-state index >= 15 is 0 Å². The van der Waals surface area contributed by atoms with Gasteiger partial charge in [-0.05, 0) is 56.4 Å². The molecule has 1 aromatic carbocycles. The predicted octanol–water partition coefficient (Wildman–Crippen LogP) is 2.24. The summed E-state index contributed by atoms with van der Waals surface area (Å²) in [6.07, 6.45) is 3.76. The summed E-state index contributed by atoms with van der Waals surface area (Å²) >= 11 is 0. The lowest BCUT2D eigenvalue weighted by atomic mass is 9.94. The summed E-state index contributed by atoms with van der Waals surface area (Å²) in [5, 5.41) is 13.2. The van der Waals surface area contributed by atoms with E-state index < -0.39 is 6.10 Å². The van der Waals surface area contributed by atoms with Crippen molar-refractivity contribution in [1.29, 1.82) is 0 Å². The number of anilines is 1. The Labute approximate surface area is 195 Å². The fourth-order valence-electron chi connectivity index (χ4n) is 4.91. The molecule has 3 aliphatic rings. The molecule has 4 atom stereocenters. The normalized spacial score (nSPS) is 28.3. The largest absolute Gasteiger partial charge is 0.497 e. The number of piperidine rings is 1. The third-order valence-electron chi connectivity index (χ3n) is 6.69. The Morgan fingerprint density at radius 3 is 2.61 bits per heavy atom. The highest BCUT2D eigenvalue weighted by Gasteiger charge is 2.40. The van der Waals surface area contributed by atoms with Crippen LogP contribution in [0.25, 0.3) is 0 Å². The van der Waals surface area contributed by atoms with Crippen molar-refractivity contribution < 1.29 is 28.9 Å². The van der Waals surface area contributed by atoms with Gasteiger partial charge in [-0.3, -0.25) is 4.79 Å². The number of carbonyl (C=O) groups is 2. The number of fused-ring (bicyclic) bond motifs is 1.